The molecule has 1 heterocycles. The smallest absolute Gasteiger partial charge is 0.228 e. The molecule has 3 nitrogen and oxygen atoms in total. The molecule has 0 bridgehead atoms. The van der Waals surface area contributed by atoms with Gasteiger partial charge in [-0.1, -0.05) is 29.8 Å². The zero-order valence-corrected chi connectivity index (χ0v) is 14.4. The van der Waals surface area contributed by atoms with Gasteiger partial charge in [-0.2, -0.15) is 0 Å². The van der Waals surface area contributed by atoms with E-state index in [9.17, 15) is 4.79 Å². The molecular formula is C19H23ClN2O. The normalized spacial score (nSPS) is 13.0. The highest BCUT2D eigenvalue weighted by atomic mass is 35.5. The maximum atomic E-state index is 12.3. The molecule has 122 valence electrons. The lowest BCUT2D eigenvalue weighted by Crippen LogP contribution is -2.24. The number of fused-ring (bicyclic) bond motifs is 1. The van der Waals surface area contributed by atoms with E-state index in [-0.39, 0.29) is 18.3 Å². The van der Waals surface area contributed by atoms with E-state index < -0.39 is 0 Å². The van der Waals surface area contributed by atoms with Gasteiger partial charge in [-0.15, -0.1) is 12.4 Å². The summed E-state index contributed by atoms with van der Waals surface area (Å²) in [6.07, 6.45) is 1.48. The van der Waals surface area contributed by atoms with Crippen molar-refractivity contribution in [3.05, 3.63) is 64.2 Å². The number of rotatable bonds is 3. The van der Waals surface area contributed by atoms with E-state index >= 15 is 0 Å². The van der Waals surface area contributed by atoms with Crippen LogP contribution < -0.4 is 10.6 Å². The number of carbonyl (C=O) groups excluding carboxylic acids is 1. The minimum Gasteiger partial charge on any atom is -0.326 e. The Morgan fingerprint density at radius 2 is 1.96 bits per heavy atom. The fraction of sp³-hybridized carbons (Fsp3) is 0.316. The molecular weight excluding hydrogens is 308 g/mol. The van der Waals surface area contributed by atoms with Crippen LogP contribution in [0.2, 0.25) is 0 Å². The van der Waals surface area contributed by atoms with E-state index in [0.717, 1.165) is 36.3 Å². The molecule has 1 aliphatic heterocycles. The van der Waals surface area contributed by atoms with E-state index in [0.29, 0.717) is 6.42 Å². The molecule has 1 aliphatic rings. The monoisotopic (exact) mass is 330 g/mol. The summed E-state index contributed by atoms with van der Waals surface area (Å²) in [5, 5.41) is 6.38. The summed E-state index contributed by atoms with van der Waals surface area (Å²) in [5.74, 6) is 0.0393. The molecule has 0 aromatic heterocycles. The first-order valence-electron chi connectivity index (χ1n) is 7.80. The van der Waals surface area contributed by atoms with Gasteiger partial charge in [0.05, 0.1) is 6.42 Å². The van der Waals surface area contributed by atoms with Gasteiger partial charge < -0.3 is 10.6 Å². The topological polar surface area (TPSA) is 41.1 Å². The predicted molar refractivity (Wildman–Crippen MR) is 97.4 cm³/mol. The standard InChI is InChI=1S/C19H22N2O.ClH/c1-13-3-4-14(2)16(9-13)11-19(22)21-18-6-5-15-7-8-20-12-17(15)10-18;/h3-6,9-10,20H,7-8,11-12H2,1-2H3,(H,21,22);1H. The largest absolute Gasteiger partial charge is 0.326 e. The van der Waals surface area contributed by atoms with E-state index in [1.165, 1.54) is 16.7 Å². The number of benzene rings is 2. The average molecular weight is 331 g/mol. The van der Waals surface area contributed by atoms with Crippen molar-refractivity contribution >= 4 is 24.0 Å². The zero-order valence-electron chi connectivity index (χ0n) is 13.6. The van der Waals surface area contributed by atoms with Crippen LogP contribution in [-0.4, -0.2) is 12.5 Å². The van der Waals surface area contributed by atoms with Crippen LogP contribution in [0.15, 0.2) is 36.4 Å². The van der Waals surface area contributed by atoms with Crippen molar-refractivity contribution in [1.82, 2.24) is 5.32 Å². The molecule has 23 heavy (non-hydrogen) atoms. The average Bonchev–Trinajstić information content (AvgIpc) is 2.51. The second-order valence-corrected chi connectivity index (χ2v) is 6.07. The highest BCUT2D eigenvalue weighted by molar-refractivity contribution is 5.92. The molecule has 0 saturated carbocycles. The summed E-state index contributed by atoms with van der Waals surface area (Å²) in [4.78, 5) is 12.3. The van der Waals surface area contributed by atoms with Crippen LogP contribution in [0.5, 0.6) is 0 Å². The minimum absolute atomic E-state index is 0. The number of carbonyl (C=O) groups is 1. The Morgan fingerprint density at radius 1 is 1.13 bits per heavy atom. The summed E-state index contributed by atoms with van der Waals surface area (Å²) in [6, 6.07) is 12.5. The Hall–Kier alpha value is -1.84. The molecule has 0 saturated heterocycles. The van der Waals surface area contributed by atoms with Crippen molar-refractivity contribution in [2.45, 2.75) is 33.2 Å². The third-order valence-electron chi connectivity index (χ3n) is 4.23. The first-order valence-corrected chi connectivity index (χ1v) is 7.80. The Bertz CT molecular complexity index is 713. The molecule has 0 radical (unpaired) electrons. The van der Waals surface area contributed by atoms with Crippen molar-refractivity contribution in [3.63, 3.8) is 0 Å². The van der Waals surface area contributed by atoms with Crippen LogP contribution in [0.1, 0.15) is 27.8 Å². The molecule has 0 atom stereocenters. The summed E-state index contributed by atoms with van der Waals surface area (Å²) >= 11 is 0. The van der Waals surface area contributed by atoms with Gasteiger partial charge in [0.1, 0.15) is 0 Å². The van der Waals surface area contributed by atoms with Crippen LogP contribution in [0.3, 0.4) is 0 Å². The molecule has 2 aromatic carbocycles. The number of hydrogen-bond acceptors (Lipinski definition) is 2. The Morgan fingerprint density at radius 3 is 2.78 bits per heavy atom. The Kier molecular flexibility index (Phi) is 5.80. The van der Waals surface area contributed by atoms with Crippen molar-refractivity contribution in [2.75, 3.05) is 11.9 Å². The molecule has 3 rings (SSSR count). The van der Waals surface area contributed by atoms with Gasteiger partial charge in [0, 0.05) is 12.2 Å². The quantitative estimate of drug-likeness (QED) is 0.903. The maximum absolute atomic E-state index is 12.3. The molecule has 0 spiro atoms. The van der Waals surface area contributed by atoms with Crippen LogP contribution >= 0.6 is 12.4 Å². The number of aryl methyl sites for hydroxylation is 2. The molecule has 2 N–H and O–H groups in total. The minimum atomic E-state index is 0. The lowest BCUT2D eigenvalue weighted by molar-refractivity contribution is -0.115. The summed E-state index contributed by atoms with van der Waals surface area (Å²) in [7, 11) is 0. The van der Waals surface area contributed by atoms with E-state index in [4.69, 9.17) is 0 Å². The van der Waals surface area contributed by atoms with Crippen LogP contribution in [0.4, 0.5) is 5.69 Å². The number of halogens is 1. The second kappa shape index (κ2) is 7.62. The van der Waals surface area contributed by atoms with Crippen molar-refractivity contribution in [3.8, 4) is 0 Å². The predicted octanol–water partition coefficient (Wildman–Crippen LogP) is 3.55. The van der Waals surface area contributed by atoms with Crippen LogP contribution in [0, 0.1) is 13.8 Å². The van der Waals surface area contributed by atoms with Gasteiger partial charge in [0.25, 0.3) is 0 Å². The molecule has 0 unspecified atom stereocenters. The number of amides is 1. The molecule has 0 fully saturated rings. The van der Waals surface area contributed by atoms with Gasteiger partial charge in [-0.3, -0.25) is 4.79 Å². The van der Waals surface area contributed by atoms with Crippen molar-refractivity contribution < 1.29 is 4.79 Å². The molecule has 4 heteroatoms. The van der Waals surface area contributed by atoms with Gasteiger partial charge in [0.15, 0.2) is 0 Å². The third-order valence-corrected chi connectivity index (χ3v) is 4.23. The second-order valence-electron chi connectivity index (χ2n) is 6.07. The Balaban J connectivity index is 0.00000192. The van der Waals surface area contributed by atoms with Crippen molar-refractivity contribution in [1.29, 1.82) is 0 Å². The summed E-state index contributed by atoms with van der Waals surface area (Å²) < 4.78 is 0. The first-order chi connectivity index (χ1) is 10.6. The first kappa shape index (κ1) is 17.5. The number of hydrogen-bond donors (Lipinski definition) is 2. The summed E-state index contributed by atoms with van der Waals surface area (Å²) in [5.41, 5.74) is 7.00. The SMILES string of the molecule is Cc1ccc(C)c(CC(=O)Nc2ccc3c(c2)CNCC3)c1.Cl. The van der Waals surface area contributed by atoms with E-state index in [2.05, 4.69) is 47.9 Å². The van der Waals surface area contributed by atoms with Gasteiger partial charge in [0.2, 0.25) is 5.91 Å². The molecule has 0 aliphatic carbocycles. The van der Waals surface area contributed by atoms with E-state index in [1.54, 1.807) is 0 Å². The number of anilines is 1. The van der Waals surface area contributed by atoms with Crippen molar-refractivity contribution in [2.24, 2.45) is 0 Å². The van der Waals surface area contributed by atoms with Crippen LogP contribution in [0.25, 0.3) is 0 Å². The van der Waals surface area contributed by atoms with E-state index in [1.807, 2.05) is 13.0 Å². The number of nitrogens with one attached hydrogen (secondary N) is 2. The highest BCUT2D eigenvalue weighted by Gasteiger charge is 2.11. The zero-order chi connectivity index (χ0) is 15.5. The fourth-order valence-corrected chi connectivity index (χ4v) is 2.93. The highest BCUT2D eigenvalue weighted by Crippen LogP contribution is 2.19. The molecule has 1 amide bonds. The summed E-state index contributed by atoms with van der Waals surface area (Å²) in [6.45, 7) is 6.02. The maximum Gasteiger partial charge on any atom is 0.228 e. The lowest BCUT2D eigenvalue weighted by Gasteiger charge is -2.18. The fourth-order valence-electron chi connectivity index (χ4n) is 2.93. The van der Waals surface area contributed by atoms with Gasteiger partial charge in [-0.25, -0.2) is 0 Å². The third kappa shape index (κ3) is 4.34. The molecule has 2 aromatic rings. The Labute approximate surface area is 143 Å². The van der Waals surface area contributed by atoms with Gasteiger partial charge >= 0.3 is 0 Å². The van der Waals surface area contributed by atoms with Crippen LogP contribution in [-0.2, 0) is 24.2 Å². The lowest BCUT2D eigenvalue weighted by atomic mass is 10.00. The van der Waals surface area contributed by atoms with Gasteiger partial charge in [-0.05, 0) is 61.2 Å².